The fourth-order valence-electron chi connectivity index (χ4n) is 1.55. The van der Waals surface area contributed by atoms with Crippen molar-refractivity contribution in [2.75, 3.05) is 7.11 Å². The van der Waals surface area contributed by atoms with Gasteiger partial charge in [-0.05, 0) is 25.7 Å². The first-order chi connectivity index (χ1) is 7.19. The van der Waals surface area contributed by atoms with Crippen molar-refractivity contribution in [3.8, 4) is 0 Å². The van der Waals surface area contributed by atoms with E-state index in [2.05, 4.69) is 17.4 Å². The second-order valence-electron chi connectivity index (χ2n) is 3.52. The van der Waals surface area contributed by atoms with Gasteiger partial charge in [0, 0.05) is 11.9 Å². The van der Waals surface area contributed by atoms with Gasteiger partial charge in [0.25, 0.3) is 0 Å². The first kappa shape index (κ1) is 11.6. The number of methoxy groups -OCH3 is 1. The topological polar surface area (TPSA) is 29.5 Å². The smallest absolute Gasteiger partial charge is 0.417 e. The van der Waals surface area contributed by atoms with E-state index < -0.39 is 0 Å². The second kappa shape index (κ2) is 5.39. The van der Waals surface area contributed by atoms with Gasteiger partial charge in [0.15, 0.2) is 0 Å². The molecule has 15 heavy (non-hydrogen) atoms. The lowest BCUT2D eigenvalue weighted by atomic mass is 9.99. The monoisotopic (exact) mass is 207 g/mol. The molecule has 0 radical (unpaired) electrons. The highest BCUT2D eigenvalue weighted by atomic mass is 16.5. The van der Waals surface area contributed by atoms with Gasteiger partial charge < -0.3 is 4.74 Å². The number of rotatable bonds is 3. The van der Waals surface area contributed by atoms with Crippen molar-refractivity contribution in [3.05, 3.63) is 36.7 Å². The third-order valence-electron chi connectivity index (χ3n) is 2.39. The van der Waals surface area contributed by atoms with Crippen molar-refractivity contribution in [1.29, 1.82) is 0 Å². The number of nitrogens with zero attached hydrogens (tertiary/aromatic N) is 1. The minimum absolute atomic E-state index is 0.345. The van der Waals surface area contributed by atoms with Crippen LogP contribution in [0, 0.1) is 5.92 Å². The highest BCUT2D eigenvalue weighted by Crippen LogP contribution is 2.21. The summed E-state index contributed by atoms with van der Waals surface area (Å²) in [6, 6.07) is 0. The summed E-state index contributed by atoms with van der Waals surface area (Å²) in [5.41, 5.74) is 0.915. The maximum absolute atomic E-state index is 11.3. The standard InChI is InChI=1S/C12H17NO2/c1-4-5-6-11-7-8-13(10(2)9-11)12(14)15-3/h4,7-9,11H,1,5-6H2,2-3H3. The van der Waals surface area contributed by atoms with E-state index in [1.165, 1.54) is 12.0 Å². The maximum atomic E-state index is 11.3. The van der Waals surface area contributed by atoms with Crippen LogP contribution in [0.5, 0.6) is 0 Å². The number of allylic oxidation sites excluding steroid dienone is 4. The molecule has 1 heterocycles. The first-order valence-electron chi connectivity index (χ1n) is 5.04. The Labute approximate surface area is 90.7 Å². The van der Waals surface area contributed by atoms with E-state index in [0.29, 0.717) is 5.92 Å². The molecule has 1 rings (SSSR count). The largest absolute Gasteiger partial charge is 0.452 e. The molecule has 0 aliphatic carbocycles. The lowest BCUT2D eigenvalue weighted by Gasteiger charge is -2.23. The minimum atomic E-state index is -0.345. The van der Waals surface area contributed by atoms with Gasteiger partial charge in [0.05, 0.1) is 7.11 Å². The fourth-order valence-corrected chi connectivity index (χ4v) is 1.55. The maximum Gasteiger partial charge on any atom is 0.417 e. The molecule has 0 N–H and O–H groups in total. The Kier molecular flexibility index (Phi) is 4.16. The van der Waals surface area contributed by atoms with Gasteiger partial charge in [0.1, 0.15) is 0 Å². The third-order valence-corrected chi connectivity index (χ3v) is 2.39. The third kappa shape index (κ3) is 2.98. The Morgan fingerprint density at radius 2 is 2.47 bits per heavy atom. The number of hydrogen-bond donors (Lipinski definition) is 0. The lowest BCUT2D eigenvalue weighted by molar-refractivity contribution is 0.148. The molecular formula is C12H17NO2. The molecule has 1 amide bonds. The van der Waals surface area contributed by atoms with Crippen molar-refractivity contribution in [2.24, 2.45) is 5.92 Å². The van der Waals surface area contributed by atoms with Crippen LogP contribution in [0.2, 0.25) is 0 Å². The summed E-state index contributed by atoms with van der Waals surface area (Å²) in [4.78, 5) is 12.8. The van der Waals surface area contributed by atoms with Crippen LogP contribution in [0.25, 0.3) is 0 Å². The number of amides is 1. The Morgan fingerprint density at radius 1 is 1.73 bits per heavy atom. The minimum Gasteiger partial charge on any atom is -0.452 e. The Bertz CT molecular complexity index is 305. The molecule has 82 valence electrons. The molecule has 0 saturated carbocycles. The van der Waals surface area contributed by atoms with E-state index in [0.717, 1.165) is 18.5 Å². The van der Waals surface area contributed by atoms with Gasteiger partial charge >= 0.3 is 6.09 Å². The van der Waals surface area contributed by atoms with E-state index in [1.807, 2.05) is 19.1 Å². The van der Waals surface area contributed by atoms with Crippen LogP contribution in [-0.2, 0) is 4.74 Å². The highest BCUT2D eigenvalue weighted by molar-refractivity contribution is 5.71. The first-order valence-corrected chi connectivity index (χ1v) is 5.04. The lowest BCUT2D eigenvalue weighted by Crippen LogP contribution is -2.26. The Morgan fingerprint density at radius 3 is 3.00 bits per heavy atom. The summed E-state index contributed by atoms with van der Waals surface area (Å²) in [6.07, 6.45) is 9.43. The number of hydrogen-bond acceptors (Lipinski definition) is 2. The number of ether oxygens (including phenoxy) is 1. The van der Waals surface area contributed by atoms with Crippen LogP contribution >= 0.6 is 0 Å². The van der Waals surface area contributed by atoms with Crippen LogP contribution in [-0.4, -0.2) is 18.1 Å². The van der Waals surface area contributed by atoms with Crippen molar-refractivity contribution >= 4 is 6.09 Å². The van der Waals surface area contributed by atoms with E-state index in [1.54, 1.807) is 6.20 Å². The fraction of sp³-hybridized carbons (Fsp3) is 0.417. The highest BCUT2D eigenvalue weighted by Gasteiger charge is 2.17. The normalized spacial score (nSPS) is 19.7. The van der Waals surface area contributed by atoms with E-state index >= 15 is 0 Å². The molecule has 1 aliphatic heterocycles. The summed E-state index contributed by atoms with van der Waals surface area (Å²) < 4.78 is 4.66. The molecule has 0 aromatic rings. The molecule has 1 unspecified atom stereocenters. The van der Waals surface area contributed by atoms with Crippen LogP contribution in [0.15, 0.2) is 36.7 Å². The van der Waals surface area contributed by atoms with E-state index in [-0.39, 0.29) is 6.09 Å². The average molecular weight is 207 g/mol. The van der Waals surface area contributed by atoms with Gasteiger partial charge in [-0.2, -0.15) is 0 Å². The second-order valence-corrected chi connectivity index (χ2v) is 3.52. The SMILES string of the molecule is C=CCCC1C=CN(C(=O)OC)C(C)=C1. The number of carbonyl (C=O) groups excluding carboxylic acids is 1. The van der Waals surface area contributed by atoms with Crippen LogP contribution in [0.3, 0.4) is 0 Å². The number of carbonyl (C=O) groups is 1. The molecule has 0 saturated heterocycles. The summed E-state index contributed by atoms with van der Waals surface area (Å²) in [5, 5.41) is 0. The van der Waals surface area contributed by atoms with Gasteiger partial charge in [-0.1, -0.05) is 18.2 Å². The van der Waals surface area contributed by atoms with Crippen LogP contribution < -0.4 is 0 Å². The van der Waals surface area contributed by atoms with Crippen molar-refractivity contribution in [1.82, 2.24) is 4.90 Å². The zero-order valence-electron chi connectivity index (χ0n) is 9.27. The zero-order chi connectivity index (χ0) is 11.3. The molecule has 0 spiro atoms. The van der Waals surface area contributed by atoms with Crippen LogP contribution in [0.4, 0.5) is 4.79 Å². The van der Waals surface area contributed by atoms with Crippen LogP contribution in [0.1, 0.15) is 19.8 Å². The van der Waals surface area contributed by atoms with Crippen molar-refractivity contribution in [3.63, 3.8) is 0 Å². The van der Waals surface area contributed by atoms with Gasteiger partial charge in [-0.25, -0.2) is 4.79 Å². The zero-order valence-corrected chi connectivity index (χ0v) is 9.27. The van der Waals surface area contributed by atoms with Crippen molar-refractivity contribution < 1.29 is 9.53 Å². The predicted molar refractivity (Wildman–Crippen MR) is 60.1 cm³/mol. The van der Waals surface area contributed by atoms with E-state index in [9.17, 15) is 4.79 Å². The molecule has 1 aliphatic rings. The molecule has 0 aromatic carbocycles. The predicted octanol–water partition coefficient (Wildman–Crippen LogP) is 3.07. The van der Waals surface area contributed by atoms with E-state index in [4.69, 9.17) is 0 Å². The van der Waals surface area contributed by atoms with Gasteiger partial charge in [-0.3, -0.25) is 4.90 Å². The molecule has 1 atom stereocenters. The molecule has 0 aromatic heterocycles. The summed E-state index contributed by atoms with van der Waals surface area (Å²) in [5.74, 6) is 0.393. The summed E-state index contributed by atoms with van der Waals surface area (Å²) in [6.45, 7) is 5.60. The molecule has 3 heteroatoms. The van der Waals surface area contributed by atoms with Crippen molar-refractivity contribution in [2.45, 2.75) is 19.8 Å². The molecule has 0 bridgehead atoms. The molecule has 0 fully saturated rings. The summed E-state index contributed by atoms with van der Waals surface area (Å²) in [7, 11) is 1.38. The molecule has 3 nitrogen and oxygen atoms in total. The van der Waals surface area contributed by atoms with Gasteiger partial charge in [0.2, 0.25) is 0 Å². The molecular weight excluding hydrogens is 190 g/mol. The summed E-state index contributed by atoms with van der Waals surface area (Å²) >= 11 is 0. The average Bonchev–Trinajstić information content (AvgIpc) is 2.25. The Hall–Kier alpha value is -1.51. The Balaban J connectivity index is 2.61. The quantitative estimate of drug-likeness (QED) is 0.665. The van der Waals surface area contributed by atoms with Gasteiger partial charge in [-0.15, -0.1) is 6.58 Å².